The van der Waals surface area contributed by atoms with Crippen molar-refractivity contribution in [2.24, 2.45) is 5.92 Å². The lowest BCUT2D eigenvalue weighted by molar-refractivity contribution is -0.125. The van der Waals surface area contributed by atoms with E-state index in [1.165, 1.54) is 18.4 Å². The highest BCUT2D eigenvalue weighted by atomic mass is 16.5. The molecule has 1 N–H and O–H groups in total. The van der Waals surface area contributed by atoms with Gasteiger partial charge in [0.15, 0.2) is 6.10 Å². The normalized spacial score (nSPS) is 26.6. The number of rotatable bonds is 3. The number of carbonyl (C=O) groups excluding carboxylic acids is 1. The molecular weight excluding hydrogens is 290 g/mol. The quantitative estimate of drug-likeness (QED) is 0.924. The Morgan fingerprint density at radius 2 is 2.00 bits per heavy atom. The van der Waals surface area contributed by atoms with E-state index >= 15 is 0 Å². The molecular formula is C18H25N3O2. The molecule has 2 heterocycles. The standard InChI is InChI=1S/C18H25N3O2/c1-12-18(22)20(2)15-11-14(5-6-16(15)23-12)17(13-3-4-13)21-9-7-19-8-10-21/h5-6,11-13,17,19H,3-4,7-10H2,1-2H3. The Morgan fingerprint density at radius 1 is 1.26 bits per heavy atom. The van der Waals surface area contributed by atoms with E-state index in [-0.39, 0.29) is 5.91 Å². The minimum Gasteiger partial charge on any atom is -0.479 e. The third-order valence-electron chi connectivity index (χ3n) is 5.28. The average molecular weight is 315 g/mol. The van der Waals surface area contributed by atoms with Crippen molar-refractivity contribution in [3.8, 4) is 5.75 Å². The zero-order chi connectivity index (χ0) is 16.0. The maximum absolute atomic E-state index is 12.2. The molecule has 0 aromatic heterocycles. The van der Waals surface area contributed by atoms with Crippen LogP contribution in [0.5, 0.6) is 5.75 Å². The molecule has 2 aliphatic heterocycles. The first-order valence-corrected chi connectivity index (χ1v) is 8.68. The summed E-state index contributed by atoms with van der Waals surface area (Å²) in [5.41, 5.74) is 2.23. The highest BCUT2D eigenvalue weighted by Crippen LogP contribution is 2.46. The predicted molar refractivity (Wildman–Crippen MR) is 89.8 cm³/mol. The second-order valence-corrected chi connectivity index (χ2v) is 6.95. The minimum atomic E-state index is -0.397. The molecule has 1 aromatic rings. The van der Waals surface area contributed by atoms with Gasteiger partial charge in [0, 0.05) is 39.3 Å². The first-order valence-electron chi connectivity index (χ1n) is 8.68. The van der Waals surface area contributed by atoms with Crippen molar-refractivity contribution in [2.75, 3.05) is 38.1 Å². The van der Waals surface area contributed by atoms with Crippen LogP contribution in [0.2, 0.25) is 0 Å². The van der Waals surface area contributed by atoms with Gasteiger partial charge in [0.05, 0.1) is 5.69 Å². The average Bonchev–Trinajstić information content (AvgIpc) is 3.39. The number of piperazine rings is 1. The number of nitrogens with zero attached hydrogens (tertiary/aromatic N) is 2. The van der Waals surface area contributed by atoms with Crippen LogP contribution in [0.3, 0.4) is 0 Å². The molecule has 1 saturated heterocycles. The number of amides is 1. The molecule has 3 aliphatic rings. The topological polar surface area (TPSA) is 44.8 Å². The largest absolute Gasteiger partial charge is 0.479 e. The van der Waals surface area contributed by atoms with E-state index in [2.05, 4.69) is 22.3 Å². The summed E-state index contributed by atoms with van der Waals surface area (Å²) in [5, 5.41) is 3.43. The number of benzene rings is 1. The molecule has 23 heavy (non-hydrogen) atoms. The van der Waals surface area contributed by atoms with Crippen LogP contribution in [-0.4, -0.2) is 50.1 Å². The zero-order valence-corrected chi connectivity index (χ0v) is 13.9. The molecule has 0 bridgehead atoms. The maximum Gasteiger partial charge on any atom is 0.267 e. The SMILES string of the molecule is CC1Oc2ccc(C(C3CC3)N3CCNCC3)cc2N(C)C1=O. The Balaban J connectivity index is 1.67. The van der Waals surface area contributed by atoms with Crippen LogP contribution >= 0.6 is 0 Å². The molecule has 2 unspecified atom stereocenters. The van der Waals surface area contributed by atoms with Crippen LogP contribution in [0, 0.1) is 5.92 Å². The van der Waals surface area contributed by atoms with Crippen molar-refractivity contribution in [3.63, 3.8) is 0 Å². The highest BCUT2D eigenvalue weighted by molar-refractivity contribution is 5.99. The van der Waals surface area contributed by atoms with Crippen molar-refractivity contribution in [3.05, 3.63) is 23.8 Å². The van der Waals surface area contributed by atoms with Crippen molar-refractivity contribution in [1.82, 2.24) is 10.2 Å². The summed E-state index contributed by atoms with van der Waals surface area (Å²) in [6, 6.07) is 6.89. The van der Waals surface area contributed by atoms with E-state index in [1.54, 1.807) is 4.90 Å². The van der Waals surface area contributed by atoms with E-state index in [9.17, 15) is 4.79 Å². The molecule has 5 nitrogen and oxygen atoms in total. The molecule has 1 aromatic carbocycles. The molecule has 2 atom stereocenters. The Labute approximate surface area is 137 Å². The number of anilines is 1. The number of hydrogen-bond donors (Lipinski definition) is 1. The number of hydrogen-bond acceptors (Lipinski definition) is 4. The van der Waals surface area contributed by atoms with Gasteiger partial charge in [-0.1, -0.05) is 6.07 Å². The first-order chi connectivity index (χ1) is 11.1. The third kappa shape index (κ3) is 2.72. The Morgan fingerprint density at radius 3 is 2.70 bits per heavy atom. The summed E-state index contributed by atoms with van der Waals surface area (Å²) in [7, 11) is 1.85. The second kappa shape index (κ2) is 5.80. The monoisotopic (exact) mass is 315 g/mol. The predicted octanol–water partition coefficient (Wildman–Crippen LogP) is 1.79. The minimum absolute atomic E-state index is 0.0276. The zero-order valence-electron chi connectivity index (χ0n) is 13.9. The van der Waals surface area contributed by atoms with Gasteiger partial charge in [-0.15, -0.1) is 0 Å². The first kappa shape index (κ1) is 15.0. The Kier molecular flexibility index (Phi) is 3.77. The number of likely N-dealkylation sites (N-methyl/N-ethyl adjacent to an activating group) is 1. The number of ether oxygens (including phenoxy) is 1. The summed E-state index contributed by atoms with van der Waals surface area (Å²) < 4.78 is 5.76. The van der Waals surface area contributed by atoms with Gasteiger partial charge in [-0.2, -0.15) is 0 Å². The van der Waals surface area contributed by atoms with Crippen LogP contribution in [0.25, 0.3) is 0 Å². The van der Waals surface area contributed by atoms with Crippen molar-refractivity contribution in [1.29, 1.82) is 0 Å². The molecule has 4 rings (SSSR count). The van der Waals surface area contributed by atoms with E-state index in [1.807, 2.05) is 20.0 Å². The van der Waals surface area contributed by atoms with E-state index in [0.717, 1.165) is 43.5 Å². The Hall–Kier alpha value is -1.59. The van der Waals surface area contributed by atoms with E-state index in [4.69, 9.17) is 4.74 Å². The van der Waals surface area contributed by atoms with Crippen LogP contribution in [0.1, 0.15) is 31.4 Å². The van der Waals surface area contributed by atoms with Gasteiger partial charge in [-0.25, -0.2) is 0 Å². The number of fused-ring (bicyclic) bond motifs is 1. The van der Waals surface area contributed by atoms with Gasteiger partial charge in [0.1, 0.15) is 5.75 Å². The third-order valence-corrected chi connectivity index (χ3v) is 5.28. The molecule has 2 fully saturated rings. The Bertz CT molecular complexity index is 608. The molecule has 0 radical (unpaired) electrons. The number of carbonyl (C=O) groups is 1. The van der Waals surface area contributed by atoms with Gasteiger partial charge in [-0.05, 0) is 43.4 Å². The second-order valence-electron chi connectivity index (χ2n) is 6.95. The van der Waals surface area contributed by atoms with E-state index in [0.29, 0.717) is 6.04 Å². The van der Waals surface area contributed by atoms with Crippen LogP contribution < -0.4 is 15.0 Å². The molecule has 0 spiro atoms. The van der Waals surface area contributed by atoms with Crippen molar-refractivity contribution >= 4 is 11.6 Å². The van der Waals surface area contributed by atoms with Gasteiger partial charge in [-0.3, -0.25) is 9.69 Å². The lowest BCUT2D eigenvalue weighted by Gasteiger charge is -2.37. The van der Waals surface area contributed by atoms with Gasteiger partial charge < -0.3 is 15.0 Å². The summed E-state index contributed by atoms with van der Waals surface area (Å²) in [6.07, 6.45) is 2.23. The summed E-state index contributed by atoms with van der Waals surface area (Å²) >= 11 is 0. The van der Waals surface area contributed by atoms with Gasteiger partial charge in [0.2, 0.25) is 0 Å². The highest BCUT2D eigenvalue weighted by Gasteiger charge is 2.38. The van der Waals surface area contributed by atoms with Crippen LogP contribution in [0.4, 0.5) is 5.69 Å². The molecule has 1 saturated carbocycles. The summed E-state index contributed by atoms with van der Waals surface area (Å²) in [5.74, 6) is 1.61. The smallest absolute Gasteiger partial charge is 0.267 e. The molecule has 1 amide bonds. The van der Waals surface area contributed by atoms with Gasteiger partial charge >= 0.3 is 0 Å². The summed E-state index contributed by atoms with van der Waals surface area (Å²) in [4.78, 5) is 16.5. The van der Waals surface area contributed by atoms with Crippen LogP contribution in [-0.2, 0) is 4.79 Å². The van der Waals surface area contributed by atoms with Crippen molar-refractivity contribution in [2.45, 2.75) is 31.9 Å². The number of nitrogens with one attached hydrogen (secondary N) is 1. The lowest BCUT2D eigenvalue weighted by Crippen LogP contribution is -2.46. The molecule has 124 valence electrons. The van der Waals surface area contributed by atoms with Gasteiger partial charge in [0.25, 0.3) is 5.91 Å². The fraction of sp³-hybridized carbons (Fsp3) is 0.611. The molecule has 5 heteroatoms. The molecule has 1 aliphatic carbocycles. The fourth-order valence-electron chi connectivity index (χ4n) is 3.87. The fourth-order valence-corrected chi connectivity index (χ4v) is 3.87. The lowest BCUT2D eigenvalue weighted by atomic mass is 9.98. The van der Waals surface area contributed by atoms with Crippen molar-refractivity contribution < 1.29 is 9.53 Å². The summed E-state index contributed by atoms with van der Waals surface area (Å²) in [6.45, 7) is 6.13. The maximum atomic E-state index is 12.2. The van der Waals surface area contributed by atoms with E-state index < -0.39 is 6.10 Å². The van der Waals surface area contributed by atoms with Crippen LogP contribution in [0.15, 0.2) is 18.2 Å².